The van der Waals surface area contributed by atoms with Crippen molar-refractivity contribution in [2.45, 2.75) is 11.3 Å². The van der Waals surface area contributed by atoms with Crippen LogP contribution in [0.25, 0.3) is 0 Å². The summed E-state index contributed by atoms with van der Waals surface area (Å²) in [5, 5.41) is 5.04. The summed E-state index contributed by atoms with van der Waals surface area (Å²) in [5.74, 6) is 0.447. The van der Waals surface area contributed by atoms with E-state index in [1.54, 1.807) is 6.08 Å². The summed E-state index contributed by atoms with van der Waals surface area (Å²) in [5.41, 5.74) is 1.21. The molecule has 1 aromatic heterocycles. The molecule has 1 heterocycles. The first-order valence-electron chi connectivity index (χ1n) is 6.75. The van der Waals surface area contributed by atoms with E-state index in [1.807, 2.05) is 23.1 Å². The van der Waals surface area contributed by atoms with Crippen LogP contribution in [0.5, 0.6) is 0 Å². The summed E-state index contributed by atoms with van der Waals surface area (Å²) in [6.45, 7) is 4.99. The van der Waals surface area contributed by atoms with Gasteiger partial charge in [-0.2, -0.15) is 0 Å². The van der Waals surface area contributed by atoms with E-state index in [0.29, 0.717) is 19.0 Å². The number of aromatic nitrogens is 2. The second-order valence-electron chi connectivity index (χ2n) is 4.73. The molecule has 0 fully saturated rings. The van der Waals surface area contributed by atoms with Crippen molar-refractivity contribution in [1.82, 2.24) is 9.97 Å². The van der Waals surface area contributed by atoms with Crippen molar-refractivity contribution >= 4 is 16.0 Å². The zero-order chi connectivity index (χ0) is 16.0. The van der Waals surface area contributed by atoms with Crippen molar-refractivity contribution in [3.8, 4) is 0 Å². The molecular weight excluding hydrogens is 300 g/mol. The van der Waals surface area contributed by atoms with E-state index in [0.717, 1.165) is 6.42 Å². The molecule has 6 nitrogen and oxygen atoms in total. The lowest BCUT2D eigenvalue weighted by Crippen LogP contribution is -2.28. The van der Waals surface area contributed by atoms with Crippen molar-refractivity contribution in [2.75, 3.05) is 18.0 Å². The second-order valence-corrected chi connectivity index (χ2v) is 6.30. The third-order valence-corrected chi connectivity index (χ3v) is 3.96. The lowest BCUT2D eigenvalue weighted by molar-refractivity contribution is 0.596. The van der Waals surface area contributed by atoms with Gasteiger partial charge in [0.05, 0.1) is 12.4 Å². The highest BCUT2D eigenvalue weighted by Crippen LogP contribution is 2.11. The van der Waals surface area contributed by atoms with Crippen LogP contribution in [0.3, 0.4) is 0 Å². The molecule has 0 saturated carbocycles. The summed E-state index contributed by atoms with van der Waals surface area (Å²) in [7, 11) is -3.78. The predicted molar refractivity (Wildman–Crippen MR) is 86.0 cm³/mol. The van der Waals surface area contributed by atoms with Gasteiger partial charge in [0.25, 0.3) is 0 Å². The highest BCUT2D eigenvalue weighted by molar-refractivity contribution is 7.89. The number of nitrogens with zero attached hydrogens (tertiary/aromatic N) is 3. The summed E-state index contributed by atoms with van der Waals surface area (Å²) >= 11 is 0. The van der Waals surface area contributed by atoms with Crippen LogP contribution >= 0.6 is 0 Å². The fourth-order valence-corrected chi connectivity index (χ4v) is 2.36. The molecule has 0 spiro atoms. The van der Waals surface area contributed by atoms with Gasteiger partial charge < -0.3 is 4.90 Å². The van der Waals surface area contributed by atoms with Gasteiger partial charge in [0, 0.05) is 13.1 Å². The Balaban J connectivity index is 2.12. The largest absolute Gasteiger partial charge is 0.337 e. The van der Waals surface area contributed by atoms with Gasteiger partial charge >= 0.3 is 0 Å². The monoisotopic (exact) mass is 318 g/mol. The van der Waals surface area contributed by atoms with E-state index in [2.05, 4.69) is 28.7 Å². The van der Waals surface area contributed by atoms with E-state index >= 15 is 0 Å². The number of rotatable bonds is 7. The molecule has 22 heavy (non-hydrogen) atoms. The number of sulfonamides is 1. The molecule has 0 bridgehead atoms. The summed E-state index contributed by atoms with van der Waals surface area (Å²) in [6.07, 6.45) is 5.02. The first kappa shape index (κ1) is 16.1. The van der Waals surface area contributed by atoms with Crippen molar-refractivity contribution in [1.29, 1.82) is 0 Å². The molecular formula is C15H18N4O2S. The molecule has 2 aromatic rings. The van der Waals surface area contributed by atoms with Gasteiger partial charge in [-0.05, 0) is 12.0 Å². The number of anilines is 1. The zero-order valence-electron chi connectivity index (χ0n) is 12.1. The maximum Gasteiger partial charge on any atom is 0.241 e. The van der Waals surface area contributed by atoms with Gasteiger partial charge in [-0.15, -0.1) is 6.58 Å². The third kappa shape index (κ3) is 4.37. The van der Waals surface area contributed by atoms with Gasteiger partial charge in [0.1, 0.15) is 4.90 Å². The summed E-state index contributed by atoms with van der Waals surface area (Å²) in [6, 6.07) is 10.1. The third-order valence-electron chi connectivity index (χ3n) is 3.09. The van der Waals surface area contributed by atoms with Crippen molar-refractivity contribution in [2.24, 2.45) is 5.14 Å². The Morgan fingerprint density at radius 3 is 2.36 bits per heavy atom. The molecule has 0 atom stereocenters. The van der Waals surface area contributed by atoms with Crippen LogP contribution in [0.1, 0.15) is 5.56 Å². The minimum Gasteiger partial charge on any atom is -0.337 e. The number of benzene rings is 1. The average Bonchev–Trinajstić information content (AvgIpc) is 2.52. The summed E-state index contributed by atoms with van der Waals surface area (Å²) < 4.78 is 22.4. The Kier molecular flexibility index (Phi) is 5.24. The van der Waals surface area contributed by atoms with Crippen LogP contribution in [0.2, 0.25) is 0 Å². The fourth-order valence-electron chi connectivity index (χ4n) is 1.96. The Morgan fingerprint density at radius 1 is 1.18 bits per heavy atom. The van der Waals surface area contributed by atoms with Gasteiger partial charge in [-0.25, -0.2) is 23.5 Å². The molecule has 0 aliphatic rings. The normalized spacial score (nSPS) is 11.1. The van der Waals surface area contributed by atoms with E-state index < -0.39 is 10.0 Å². The zero-order valence-corrected chi connectivity index (χ0v) is 12.9. The van der Waals surface area contributed by atoms with Gasteiger partial charge in [-0.3, -0.25) is 0 Å². The van der Waals surface area contributed by atoms with Gasteiger partial charge in [0.2, 0.25) is 16.0 Å². The van der Waals surface area contributed by atoms with Crippen LogP contribution in [0.4, 0.5) is 5.95 Å². The van der Waals surface area contributed by atoms with Gasteiger partial charge in [-0.1, -0.05) is 36.4 Å². The van der Waals surface area contributed by atoms with E-state index in [-0.39, 0.29) is 4.90 Å². The highest BCUT2D eigenvalue weighted by atomic mass is 32.2. The van der Waals surface area contributed by atoms with Crippen LogP contribution in [0, 0.1) is 0 Å². The van der Waals surface area contributed by atoms with Crippen LogP contribution in [0.15, 0.2) is 60.3 Å². The Bertz CT molecular complexity index is 715. The van der Waals surface area contributed by atoms with Crippen LogP contribution < -0.4 is 10.0 Å². The highest BCUT2D eigenvalue weighted by Gasteiger charge is 2.12. The molecule has 0 radical (unpaired) electrons. The molecule has 2 rings (SSSR count). The number of nitrogens with two attached hydrogens (primary N) is 1. The number of primary sulfonamides is 1. The Morgan fingerprint density at radius 2 is 1.82 bits per heavy atom. The van der Waals surface area contributed by atoms with Crippen molar-refractivity contribution in [3.05, 3.63) is 60.9 Å². The van der Waals surface area contributed by atoms with Crippen LogP contribution in [-0.2, 0) is 16.4 Å². The minimum absolute atomic E-state index is 0.0992. The number of hydrogen-bond donors (Lipinski definition) is 1. The first-order valence-corrected chi connectivity index (χ1v) is 8.30. The molecule has 0 aliphatic heterocycles. The lowest BCUT2D eigenvalue weighted by Gasteiger charge is -2.20. The fraction of sp³-hybridized carbons (Fsp3) is 0.200. The second kappa shape index (κ2) is 7.15. The molecule has 0 aliphatic carbocycles. The maximum absolute atomic E-state index is 11.2. The Hall–Kier alpha value is -2.25. The Labute approximate surface area is 130 Å². The van der Waals surface area contributed by atoms with Gasteiger partial charge in [0.15, 0.2) is 0 Å². The molecule has 0 unspecified atom stereocenters. The first-order chi connectivity index (χ1) is 10.5. The quantitative estimate of drug-likeness (QED) is 0.779. The summed E-state index contributed by atoms with van der Waals surface area (Å²) in [4.78, 5) is 9.99. The van der Waals surface area contributed by atoms with Crippen LogP contribution in [-0.4, -0.2) is 31.5 Å². The van der Waals surface area contributed by atoms with Crippen molar-refractivity contribution in [3.63, 3.8) is 0 Å². The minimum atomic E-state index is -3.78. The molecule has 2 N–H and O–H groups in total. The molecule has 116 valence electrons. The maximum atomic E-state index is 11.2. The topological polar surface area (TPSA) is 89.2 Å². The predicted octanol–water partition coefficient (Wildman–Crippen LogP) is 1.36. The molecule has 1 aromatic carbocycles. The van der Waals surface area contributed by atoms with E-state index in [9.17, 15) is 8.42 Å². The molecule has 7 heteroatoms. The van der Waals surface area contributed by atoms with E-state index in [4.69, 9.17) is 5.14 Å². The smallest absolute Gasteiger partial charge is 0.241 e. The standard InChI is InChI=1S/C15H18N4O2S/c1-2-9-19(10-8-13-6-4-3-5-7-13)15-17-11-14(12-18-15)22(16,20)21/h2-7,11-12H,1,8-10H2,(H2,16,20,21). The SMILES string of the molecule is C=CCN(CCc1ccccc1)c1ncc(S(N)(=O)=O)cn1. The average molecular weight is 318 g/mol. The molecule has 0 amide bonds. The van der Waals surface area contributed by atoms with E-state index in [1.165, 1.54) is 18.0 Å². The van der Waals surface area contributed by atoms with Crippen molar-refractivity contribution < 1.29 is 8.42 Å². The number of hydrogen-bond acceptors (Lipinski definition) is 5. The lowest BCUT2D eigenvalue weighted by atomic mass is 10.1. The molecule has 0 saturated heterocycles.